The lowest BCUT2D eigenvalue weighted by atomic mass is 10.1. The summed E-state index contributed by atoms with van der Waals surface area (Å²) in [5.74, 6) is -1.16. The fraction of sp³-hybridized carbons (Fsp3) is 0.364. The quantitative estimate of drug-likeness (QED) is 0.792. The molecular formula is C11H13FO4. The molecule has 1 rings (SSSR count). The van der Waals surface area contributed by atoms with Gasteiger partial charge in [-0.1, -0.05) is 0 Å². The summed E-state index contributed by atoms with van der Waals surface area (Å²) in [5, 5.41) is 9.57. The Bertz CT molecular complexity index is 378. The second kappa shape index (κ2) is 5.46. The minimum Gasteiger partial charge on any atom is -0.497 e. The first kappa shape index (κ1) is 12.4. The molecule has 0 radical (unpaired) electrons. The predicted octanol–water partition coefficient (Wildman–Crippen LogP) is 1.43. The fourth-order valence-corrected chi connectivity index (χ4v) is 1.22. The van der Waals surface area contributed by atoms with E-state index in [-0.39, 0.29) is 17.9 Å². The van der Waals surface area contributed by atoms with Gasteiger partial charge in [0.05, 0.1) is 13.7 Å². The van der Waals surface area contributed by atoms with Crippen LogP contribution in [0.3, 0.4) is 0 Å². The maximum absolute atomic E-state index is 13.1. The third-order valence-electron chi connectivity index (χ3n) is 1.95. The number of hydrogen-bond donors (Lipinski definition) is 1. The van der Waals surface area contributed by atoms with Crippen molar-refractivity contribution >= 4 is 5.97 Å². The van der Waals surface area contributed by atoms with Gasteiger partial charge in [0, 0.05) is 6.07 Å². The molecule has 1 N–H and O–H groups in total. The summed E-state index contributed by atoms with van der Waals surface area (Å²) in [7, 11) is 1.37. The Morgan fingerprint density at radius 3 is 2.75 bits per heavy atom. The van der Waals surface area contributed by atoms with Gasteiger partial charge < -0.3 is 14.6 Å². The third-order valence-corrected chi connectivity index (χ3v) is 1.95. The highest BCUT2D eigenvalue weighted by Crippen LogP contribution is 2.22. The second-order valence-corrected chi connectivity index (χ2v) is 3.08. The van der Waals surface area contributed by atoms with Crippen LogP contribution in [0.15, 0.2) is 18.2 Å². The van der Waals surface area contributed by atoms with Crippen LogP contribution in [0.25, 0.3) is 0 Å². The monoisotopic (exact) mass is 228 g/mol. The van der Waals surface area contributed by atoms with Gasteiger partial charge in [0.1, 0.15) is 11.6 Å². The molecule has 5 heteroatoms. The molecule has 0 fully saturated rings. The molecule has 88 valence electrons. The lowest BCUT2D eigenvalue weighted by Crippen LogP contribution is -2.15. The highest BCUT2D eigenvalue weighted by atomic mass is 19.1. The molecule has 0 aromatic heterocycles. The van der Waals surface area contributed by atoms with Crippen LogP contribution in [0, 0.1) is 5.82 Å². The number of aliphatic hydroxyl groups is 1. The number of benzene rings is 1. The molecule has 0 aliphatic heterocycles. The Morgan fingerprint density at radius 1 is 1.50 bits per heavy atom. The average Bonchev–Trinajstić information content (AvgIpc) is 2.27. The average molecular weight is 228 g/mol. The van der Waals surface area contributed by atoms with Crippen molar-refractivity contribution in [1.82, 2.24) is 0 Å². The zero-order valence-electron chi connectivity index (χ0n) is 9.07. The summed E-state index contributed by atoms with van der Waals surface area (Å²) < 4.78 is 22.5. The van der Waals surface area contributed by atoms with Crippen molar-refractivity contribution in [2.24, 2.45) is 0 Å². The van der Waals surface area contributed by atoms with Crippen molar-refractivity contribution in [3.05, 3.63) is 29.6 Å². The van der Waals surface area contributed by atoms with Crippen LogP contribution < -0.4 is 4.74 Å². The highest BCUT2D eigenvalue weighted by Gasteiger charge is 2.19. The summed E-state index contributed by atoms with van der Waals surface area (Å²) >= 11 is 0. The van der Waals surface area contributed by atoms with Crippen molar-refractivity contribution in [3.63, 3.8) is 0 Å². The van der Waals surface area contributed by atoms with Crippen molar-refractivity contribution in [2.75, 3.05) is 13.7 Å². The molecule has 1 unspecified atom stereocenters. The zero-order valence-corrected chi connectivity index (χ0v) is 9.07. The third kappa shape index (κ3) is 2.93. The van der Waals surface area contributed by atoms with E-state index in [2.05, 4.69) is 4.74 Å². The maximum Gasteiger partial charge on any atom is 0.339 e. The number of rotatable bonds is 4. The molecule has 1 aromatic rings. The molecule has 0 saturated carbocycles. The summed E-state index contributed by atoms with van der Waals surface area (Å²) in [6, 6.07) is 3.59. The van der Waals surface area contributed by atoms with Crippen LogP contribution >= 0.6 is 0 Å². The Labute approximate surface area is 92.6 Å². The van der Waals surface area contributed by atoms with E-state index in [1.54, 1.807) is 6.92 Å². The molecule has 0 amide bonds. The largest absolute Gasteiger partial charge is 0.497 e. The predicted molar refractivity (Wildman–Crippen MR) is 54.5 cm³/mol. The Hall–Kier alpha value is -1.62. The molecule has 0 saturated heterocycles. The van der Waals surface area contributed by atoms with E-state index in [9.17, 15) is 14.3 Å². The van der Waals surface area contributed by atoms with Crippen LogP contribution in [0.2, 0.25) is 0 Å². The molecule has 1 aromatic carbocycles. The molecule has 0 heterocycles. The lowest BCUT2D eigenvalue weighted by Gasteiger charge is -2.11. The number of ether oxygens (including phenoxy) is 2. The van der Waals surface area contributed by atoms with Gasteiger partial charge in [-0.2, -0.15) is 0 Å². The van der Waals surface area contributed by atoms with E-state index in [0.29, 0.717) is 0 Å². The van der Waals surface area contributed by atoms with E-state index < -0.39 is 17.9 Å². The number of aliphatic hydroxyl groups excluding tert-OH is 1. The van der Waals surface area contributed by atoms with E-state index in [0.717, 1.165) is 12.1 Å². The number of methoxy groups -OCH3 is 1. The molecule has 0 spiro atoms. The number of carbonyl (C=O) groups excluding carboxylic acids is 1. The summed E-state index contributed by atoms with van der Waals surface area (Å²) in [6.45, 7) is 1.78. The van der Waals surface area contributed by atoms with Crippen LogP contribution in [0.4, 0.5) is 4.39 Å². The van der Waals surface area contributed by atoms with Gasteiger partial charge in [-0.3, -0.25) is 0 Å². The van der Waals surface area contributed by atoms with E-state index in [4.69, 9.17) is 4.74 Å². The number of esters is 1. The summed E-state index contributed by atoms with van der Waals surface area (Å²) in [5.41, 5.74) is 0.107. The zero-order chi connectivity index (χ0) is 12.1. The van der Waals surface area contributed by atoms with Gasteiger partial charge in [-0.25, -0.2) is 9.18 Å². The van der Waals surface area contributed by atoms with Crippen molar-refractivity contribution in [1.29, 1.82) is 0 Å². The Morgan fingerprint density at radius 2 is 2.19 bits per heavy atom. The van der Waals surface area contributed by atoms with Gasteiger partial charge in [0.2, 0.25) is 0 Å². The smallest absolute Gasteiger partial charge is 0.339 e. The normalized spacial score (nSPS) is 12.0. The van der Waals surface area contributed by atoms with Gasteiger partial charge >= 0.3 is 5.97 Å². The Balaban J connectivity index is 2.94. The van der Waals surface area contributed by atoms with Gasteiger partial charge in [-0.15, -0.1) is 0 Å². The van der Waals surface area contributed by atoms with Gasteiger partial charge in [-0.05, 0) is 24.6 Å². The van der Waals surface area contributed by atoms with Crippen LogP contribution in [-0.4, -0.2) is 24.8 Å². The second-order valence-electron chi connectivity index (χ2n) is 3.08. The first-order valence-electron chi connectivity index (χ1n) is 4.77. The Kier molecular flexibility index (Phi) is 4.25. The topological polar surface area (TPSA) is 55.8 Å². The van der Waals surface area contributed by atoms with Crippen molar-refractivity contribution in [2.45, 2.75) is 13.0 Å². The number of carbonyl (C=O) groups is 1. The SMILES string of the molecule is CCOC(=O)C(O)c1cc(F)cc(OC)c1. The fourth-order valence-electron chi connectivity index (χ4n) is 1.22. The lowest BCUT2D eigenvalue weighted by molar-refractivity contribution is -0.153. The molecule has 0 aliphatic carbocycles. The van der Waals surface area contributed by atoms with Crippen molar-refractivity contribution < 1.29 is 23.8 Å². The summed E-state index contributed by atoms with van der Waals surface area (Å²) in [4.78, 5) is 11.2. The number of hydrogen-bond acceptors (Lipinski definition) is 4. The standard InChI is InChI=1S/C11H13FO4/c1-3-16-11(14)10(13)7-4-8(12)6-9(5-7)15-2/h4-6,10,13H,3H2,1-2H3. The molecular weight excluding hydrogens is 215 g/mol. The first-order valence-corrected chi connectivity index (χ1v) is 4.77. The van der Waals surface area contributed by atoms with Crippen LogP contribution in [0.5, 0.6) is 5.75 Å². The van der Waals surface area contributed by atoms with Gasteiger partial charge in [0.15, 0.2) is 6.10 Å². The minimum absolute atomic E-state index is 0.107. The van der Waals surface area contributed by atoms with Crippen LogP contribution in [0.1, 0.15) is 18.6 Å². The maximum atomic E-state index is 13.1. The van der Waals surface area contributed by atoms with E-state index in [1.807, 2.05) is 0 Å². The first-order chi connectivity index (χ1) is 7.58. The van der Waals surface area contributed by atoms with E-state index >= 15 is 0 Å². The highest BCUT2D eigenvalue weighted by molar-refractivity contribution is 5.76. The molecule has 4 nitrogen and oxygen atoms in total. The molecule has 0 bridgehead atoms. The summed E-state index contributed by atoms with van der Waals surface area (Å²) in [6.07, 6.45) is -1.50. The van der Waals surface area contributed by atoms with Crippen molar-refractivity contribution in [3.8, 4) is 5.75 Å². The van der Waals surface area contributed by atoms with E-state index in [1.165, 1.54) is 13.2 Å². The number of halogens is 1. The van der Waals surface area contributed by atoms with Gasteiger partial charge in [0.25, 0.3) is 0 Å². The molecule has 16 heavy (non-hydrogen) atoms. The van der Waals surface area contributed by atoms with Crippen LogP contribution in [-0.2, 0) is 9.53 Å². The minimum atomic E-state index is -1.50. The molecule has 0 aliphatic rings. The molecule has 1 atom stereocenters.